The molecular weight excluding hydrogens is 396 g/mol. The Morgan fingerprint density at radius 2 is 1.97 bits per heavy atom. The third-order valence-corrected chi connectivity index (χ3v) is 5.46. The molecule has 5 atom stereocenters. The molecule has 6 nitrogen and oxygen atoms in total. The predicted molar refractivity (Wildman–Crippen MR) is 121 cm³/mol. The minimum absolute atomic E-state index is 0.0139. The molecule has 0 saturated heterocycles. The number of aliphatic hydroxyl groups is 2. The van der Waals surface area contributed by atoms with Crippen LogP contribution in [-0.2, 0) is 19.1 Å². The van der Waals surface area contributed by atoms with E-state index >= 15 is 0 Å². The van der Waals surface area contributed by atoms with Crippen LogP contribution in [0.5, 0.6) is 0 Å². The molecule has 1 heterocycles. The second-order valence-electron chi connectivity index (χ2n) is 8.52. The largest absolute Gasteiger partial charge is 0.455 e. The first-order valence-electron chi connectivity index (χ1n) is 11.0. The summed E-state index contributed by atoms with van der Waals surface area (Å²) in [6.07, 6.45) is 10.8. The maximum absolute atomic E-state index is 12.3. The first-order chi connectivity index (χ1) is 14.7. The van der Waals surface area contributed by atoms with E-state index in [9.17, 15) is 14.7 Å². The van der Waals surface area contributed by atoms with Gasteiger partial charge in [-0.25, -0.2) is 9.59 Å². The van der Waals surface area contributed by atoms with Crippen molar-refractivity contribution in [3.8, 4) is 0 Å². The van der Waals surface area contributed by atoms with Crippen molar-refractivity contribution in [1.82, 2.24) is 0 Å². The molecule has 0 fully saturated rings. The second-order valence-corrected chi connectivity index (χ2v) is 8.52. The molecule has 0 spiro atoms. The van der Waals surface area contributed by atoms with Crippen molar-refractivity contribution in [3.05, 3.63) is 47.6 Å². The summed E-state index contributed by atoms with van der Waals surface area (Å²) in [5, 5.41) is 18.3. The molecule has 0 amide bonds. The highest BCUT2D eigenvalue weighted by Crippen LogP contribution is 2.28. The normalized spacial score (nSPS) is 22.9. The molecule has 0 radical (unpaired) electrons. The van der Waals surface area contributed by atoms with Crippen molar-refractivity contribution >= 4 is 11.9 Å². The van der Waals surface area contributed by atoms with Gasteiger partial charge in [0.1, 0.15) is 6.10 Å². The molecule has 1 rings (SSSR count). The smallest absolute Gasteiger partial charge is 0.331 e. The molecular formula is C25H38O6. The molecule has 1 aliphatic rings. The van der Waals surface area contributed by atoms with Gasteiger partial charge in [0.25, 0.3) is 0 Å². The Balaban J connectivity index is 2.76. The third-order valence-electron chi connectivity index (χ3n) is 5.46. The van der Waals surface area contributed by atoms with Crippen molar-refractivity contribution in [2.24, 2.45) is 17.8 Å². The molecule has 0 aromatic rings. The van der Waals surface area contributed by atoms with E-state index in [0.717, 1.165) is 18.4 Å². The maximum Gasteiger partial charge on any atom is 0.331 e. The van der Waals surface area contributed by atoms with Crippen LogP contribution in [0.2, 0.25) is 0 Å². The van der Waals surface area contributed by atoms with Gasteiger partial charge in [-0.15, -0.1) is 0 Å². The molecule has 2 N–H and O–H groups in total. The minimum atomic E-state index is -0.635. The van der Waals surface area contributed by atoms with Crippen LogP contribution in [0.25, 0.3) is 0 Å². The SMILES string of the molecule is C/C=C(\C)CC(C)CC(C)C1OC(=O)C=CC1OC(=O)/C=C/C(C)=C/C(CO)CCO. The van der Waals surface area contributed by atoms with Gasteiger partial charge in [0, 0.05) is 31.3 Å². The Bertz CT molecular complexity index is 703. The summed E-state index contributed by atoms with van der Waals surface area (Å²) < 4.78 is 11.1. The predicted octanol–water partition coefficient (Wildman–Crippen LogP) is 3.89. The number of hydrogen-bond acceptors (Lipinski definition) is 6. The third kappa shape index (κ3) is 10.1. The van der Waals surface area contributed by atoms with Crippen LogP contribution in [0.4, 0.5) is 0 Å². The van der Waals surface area contributed by atoms with Gasteiger partial charge in [-0.1, -0.05) is 43.2 Å². The Hall–Kier alpha value is -2.18. The van der Waals surface area contributed by atoms with Gasteiger partial charge in [-0.2, -0.15) is 0 Å². The molecule has 174 valence electrons. The van der Waals surface area contributed by atoms with Gasteiger partial charge >= 0.3 is 11.9 Å². The standard InChI is InChI=1S/C25H38O6/c1-6-17(2)13-19(4)14-20(5)25-22(8-10-24(29)31-25)30-23(28)9-7-18(3)15-21(16-27)11-12-26/h6-10,15,19-22,25-27H,11-14,16H2,1-5H3/b9-7+,17-6+,18-15+. The molecule has 0 aromatic heterocycles. The number of carbonyl (C=O) groups excluding carboxylic acids is 2. The van der Waals surface area contributed by atoms with Crippen molar-refractivity contribution in [3.63, 3.8) is 0 Å². The van der Waals surface area contributed by atoms with E-state index in [1.807, 2.05) is 20.8 Å². The lowest BCUT2D eigenvalue weighted by Gasteiger charge is -2.32. The highest BCUT2D eigenvalue weighted by Gasteiger charge is 2.34. The van der Waals surface area contributed by atoms with Crippen LogP contribution in [0.1, 0.15) is 53.9 Å². The fraction of sp³-hybridized carbons (Fsp3) is 0.600. The second kappa shape index (κ2) is 14.0. The first-order valence-corrected chi connectivity index (χ1v) is 11.0. The van der Waals surface area contributed by atoms with Crippen LogP contribution in [0.3, 0.4) is 0 Å². The summed E-state index contributed by atoms with van der Waals surface area (Å²) in [5.74, 6) is -0.670. The monoisotopic (exact) mass is 434 g/mol. The van der Waals surface area contributed by atoms with Crippen LogP contribution in [0, 0.1) is 17.8 Å². The van der Waals surface area contributed by atoms with E-state index in [1.165, 1.54) is 17.7 Å². The molecule has 1 aliphatic heterocycles. The van der Waals surface area contributed by atoms with E-state index in [0.29, 0.717) is 12.3 Å². The van der Waals surface area contributed by atoms with Gasteiger partial charge in [-0.05, 0) is 57.9 Å². The quantitative estimate of drug-likeness (QED) is 0.209. The van der Waals surface area contributed by atoms with Crippen LogP contribution < -0.4 is 0 Å². The number of rotatable bonds is 12. The van der Waals surface area contributed by atoms with Crippen molar-refractivity contribution < 1.29 is 29.3 Å². The first kappa shape index (κ1) is 26.9. The fourth-order valence-corrected chi connectivity index (χ4v) is 3.78. The van der Waals surface area contributed by atoms with Crippen LogP contribution >= 0.6 is 0 Å². The lowest BCUT2D eigenvalue weighted by molar-refractivity contribution is -0.164. The van der Waals surface area contributed by atoms with Gasteiger partial charge < -0.3 is 19.7 Å². The number of ether oxygens (including phenoxy) is 2. The number of esters is 2. The number of cyclic esters (lactones) is 1. The number of allylic oxidation sites excluding steroid dienone is 4. The average Bonchev–Trinajstić information content (AvgIpc) is 2.72. The number of hydrogen-bond donors (Lipinski definition) is 2. The Labute approximate surface area is 186 Å². The summed E-state index contributed by atoms with van der Waals surface area (Å²) in [4.78, 5) is 24.1. The summed E-state index contributed by atoms with van der Waals surface area (Å²) >= 11 is 0. The van der Waals surface area contributed by atoms with Crippen molar-refractivity contribution in [1.29, 1.82) is 0 Å². The number of carbonyl (C=O) groups is 2. The zero-order chi connectivity index (χ0) is 23.4. The summed E-state index contributed by atoms with van der Waals surface area (Å²) in [6.45, 7) is 10.0. The van der Waals surface area contributed by atoms with E-state index in [4.69, 9.17) is 14.6 Å². The van der Waals surface area contributed by atoms with Gasteiger partial charge in [0.2, 0.25) is 0 Å². The molecule has 0 saturated carbocycles. The molecule has 31 heavy (non-hydrogen) atoms. The zero-order valence-corrected chi connectivity index (χ0v) is 19.4. The molecule has 0 aliphatic carbocycles. The van der Waals surface area contributed by atoms with Crippen molar-refractivity contribution in [2.45, 2.75) is 66.1 Å². The molecule has 0 aromatic carbocycles. The summed E-state index contributed by atoms with van der Waals surface area (Å²) in [6, 6.07) is 0. The lowest BCUT2D eigenvalue weighted by Crippen LogP contribution is -2.41. The highest BCUT2D eigenvalue weighted by molar-refractivity contribution is 5.85. The molecule has 0 bridgehead atoms. The van der Waals surface area contributed by atoms with Gasteiger partial charge in [-0.3, -0.25) is 0 Å². The Morgan fingerprint density at radius 1 is 1.26 bits per heavy atom. The van der Waals surface area contributed by atoms with E-state index in [1.54, 1.807) is 18.2 Å². The highest BCUT2D eigenvalue weighted by atomic mass is 16.6. The zero-order valence-electron chi connectivity index (χ0n) is 19.4. The average molecular weight is 435 g/mol. The molecule has 5 unspecified atom stereocenters. The van der Waals surface area contributed by atoms with E-state index < -0.39 is 24.1 Å². The van der Waals surface area contributed by atoms with Crippen molar-refractivity contribution in [2.75, 3.05) is 13.2 Å². The number of aliphatic hydroxyl groups excluding tert-OH is 2. The summed E-state index contributed by atoms with van der Waals surface area (Å²) in [5.41, 5.74) is 2.10. The molecule has 6 heteroatoms. The Kier molecular flexibility index (Phi) is 12.1. The minimum Gasteiger partial charge on any atom is -0.455 e. The van der Waals surface area contributed by atoms with E-state index in [2.05, 4.69) is 19.9 Å². The lowest BCUT2D eigenvalue weighted by atomic mass is 9.86. The Morgan fingerprint density at radius 3 is 2.58 bits per heavy atom. The topological polar surface area (TPSA) is 93.1 Å². The summed E-state index contributed by atoms with van der Waals surface area (Å²) in [7, 11) is 0. The van der Waals surface area contributed by atoms with Crippen LogP contribution in [0.15, 0.2) is 47.6 Å². The van der Waals surface area contributed by atoms with E-state index in [-0.39, 0.29) is 25.0 Å². The van der Waals surface area contributed by atoms with Gasteiger partial charge in [0.05, 0.1) is 0 Å². The van der Waals surface area contributed by atoms with Gasteiger partial charge in [0.15, 0.2) is 6.10 Å². The maximum atomic E-state index is 12.3. The fourth-order valence-electron chi connectivity index (χ4n) is 3.78. The van der Waals surface area contributed by atoms with Crippen LogP contribution in [-0.4, -0.2) is 47.6 Å².